The maximum atomic E-state index is 12.0. The van der Waals surface area contributed by atoms with Gasteiger partial charge < -0.3 is 4.74 Å². The number of hydrogen-bond acceptors (Lipinski definition) is 5. The van der Waals surface area contributed by atoms with Crippen LogP contribution in [0.1, 0.15) is 47.6 Å². The SMILES string of the molecule is CCCc1nc2c(cc1C(=O)OCC)CS(=O)(=O)CC2. The second-order valence-corrected chi connectivity index (χ2v) is 7.09. The van der Waals surface area contributed by atoms with Crippen molar-refractivity contribution >= 4 is 15.8 Å². The van der Waals surface area contributed by atoms with Crippen molar-refractivity contribution in [2.24, 2.45) is 0 Å². The molecule has 20 heavy (non-hydrogen) atoms. The molecule has 0 radical (unpaired) electrons. The Bertz CT molecular complexity index is 622. The van der Waals surface area contributed by atoms with Crippen molar-refractivity contribution in [3.8, 4) is 0 Å². The third-order valence-electron chi connectivity index (χ3n) is 3.28. The summed E-state index contributed by atoms with van der Waals surface area (Å²) in [7, 11) is -3.07. The van der Waals surface area contributed by atoms with Gasteiger partial charge in [-0.05, 0) is 25.0 Å². The van der Waals surface area contributed by atoms with E-state index in [0.717, 1.165) is 12.1 Å². The summed E-state index contributed by atoms with van der Waals surface area (Å²) < 4.78 is 28.4. The molecule has 0 amide bonds. The molecule has 2 heterocycles. The molecule has 6 heteroatoms. The number of aromatic nitrogens is 1. The van der Waals surface area contributed by atoms with Crippen LogP contribution in [0.4, 0.5) is 0 Å². The Labute approximate surface area is 119 Å². The Morgan fingerprint density at radius 3 is 2.80 bits per heavy atom. The van der Waals surface area contributed by atoms with Gasteiger partial charge in [0.25, 0.3) is 0 Å². The minimum Gasteiger partial charge on any atom is -0.462 e. The van der Waals surface area contributed by atoms with E-state index in [0.29, 0.717) is 36.3 Å². The van der Waals surface area contributed by atoms with E-state index in [1.807, 2.05) is 6.92 Å². The van der Waals surface area contributed by atoms with E-state index >= 15 is 0 Å². The van der Waals surface area contributed by atoms with E-state index in [-0.39, 0.29) is 11.5 Å². The summed E-state index contributed by atoms with van der Waals surface area (Å²) in [6.07, 6.45) is 1.99. The zero-order chi connectivity index (χ0) is 14.8. The maximum Gasteiger partial charge on any atom is 0.339 e. The summed E-state index contributed by atoms with van der Waals surface area (Å²) in [5.74, 6) is -0.319. The number of aryl methyl sites for hydroxylation is 2. The predicted molar refractivity (Wildman–Crippen MR) is 75.4 cm³/mol. The van der Waals surface area contributed by atoms with Gasteiger partial charge in [0, 0.05) is 12.1 Å². The lowest BCUT2D eigenvalue weighted by molar-refractivity contribution is 0.0524. The van der Waals surface area contributed by atoms with Crippen LogP contribution in [0.25, 0.3) is 0 Å². The molecule has 0 aliphatic carbocycles. The zero-order valence-corrected chi connectivity index (χ0v) is 12.6. The van der Waals surface area contributed by atoms with Crippen molar-refractivity contribution in [3.63, 3.8) is 0 Å². The highest BCUT2D eigenvalue weighted by Crippen LogP contribution is 2.23. The van der Waals surface area contributed by atoms with Crippen molar-refractivity contribution in [1.29, 1.82) is 0 Å². The van der Waals surface area contributed by atoms with E-state index < -0.39 is 15.8 Å². The summed E-state index contributed by atoms with van der Waals surface area (Å²) in [6, 6.07) is 1.65. The first-order valence-electron chi connectivity index (χ1n) is 6.86. The molecule has 2 rings (SSSR count). The van der Waals surface area contributed by atoms with Crippen LogP contribution in [0.15, 0.2) is 6.07 Å². The molecular weight excluding hydrogens is 278 g/mol. The largest absolute Gasteiger partial charge is 0.462 e. The standard InChI is InChI=1S/C14H19NO4S/c1-3-5-13-11(14(16)19-4-2)8-10-9-20(17,18)7-6-12(10)15-13/h8H,3-7,9H2,1-2H3. The van der Waals surface area contributed by atoms with Gasteiger partial charge >= 0.3 is 5.97 Å². The van der Waals surface area contributed by atoms with Gasteiger partial charge in [-0.1, -0.05) is 13.3 Å². The Morgan fingerprint density at radius 2 is 2.15 bits per heavy atom. The lowest BCUT2D eigenvalue weighted by Gasteiger charge is -2.18. The van der Waals surface area contributed by atoms with E-state index in [4.69, 9.17) is 4.74 Å². The van der Waals surface area contributed by atoms with Crippen LogP contribution < -0.4 is 0 Å². The fourth-order valence-electron chi connectivity index (χ4n) is 2.35. The Hall–Kier alpha value is -1.43. The van der Waals surface area contributed by atoms with Crippen molar-refractivity contribution < 1.29 is 17.9 Å². The molecule has 1 aromatic rings. The number of nitrogens with zero attached hydrogens (tertiary/aromatic N) is 1. The second-order valence-electron chi connectivity index (χ2n) is 4.90. The van der Waals surface area contributed by atoms with Gasteiger partial charge in [-0.15, -0.1) is 0 Å². The number of pyridine rings is 1. The van der Waals surface area contributed by atoms with E-state index in [1.54, 1.807) is 13.0 Å². The van der Waals surface area contributed by atoms with E-state index in [1.165, 1.54) is 0 Å². The van der Waals surface area contributed by atoms with E-state index in [9.17, 15) is 13.2 Å². The fourth-order valence-corrected chi connectivity index (χ4v) is 3.72. The quantitative estimate of drug-likeness (QED) is 0.791. The molecule has 0 saturated carbocycles. The number of fused-ring (bicyclic) bond motifs is 1. The summed E-state index contributed by atoms with van der Waals surface area (Å²) in [6.45, 7) is 4.05. The average Bonchev–Trinajstić information content (AvgIpc) is 2.38. The highest BCUT2D eigenvalue weighted by Gasteiger charge is 2.25. The highest BCUT2D eigenvalue weighted by atomic mass is 32.2. The van der Waals surface area contributed by atoms with Crippen molar-refractivity contribution in [3.05, 3.63) is 28.6 Å². The first-order valence-corrected chi connectivity index (χ1v) is 8.68. The number of rotatable bonds is 4. The number of carbonyl (C=O) groups excluding carboxylic acids is 1. The van der Waals surface area contributed by atoms with Crippen LogP contribution in [0.5, 0.6) is 0 Å². The topological polar surface area (TPSA) is 73.3 Å². The molecule has 1 aromatic heterocycles. The lowest BCUT2D eigenvalue weighted by atomic mass is 10.0. The summed E-state index contributed by atoms with van der Waals surface area (Å²) >= 11 is 0. The molecule has 0 saturated heterocycles. The molecule has 0 spiro atoms. The Morgan fingerprint density at radius 1 is 1.40 bits per heavy atom. The molecule has 110 valence electrons. The third-order valence-corrected chi connectivity index (χ3v) is 4.85. The van der Waals surface area contributed by atoms with Gasteiger partial charge in [0.2, 0.25) is 0 Å². The second kappa shape index (κ2) is 5.91. The van der Waals surface area contributed by atoms with Crippen LogP contribution in [0.3, 0.4) is 0 Å². The summed E-state index contributed by atoms with van der Waals surface area (Å²) in [4.78, 5) is 16.5. The molecule has 5 nitrogen and oxygen atoms in total. The molecule has 0 fully saturated rings. The smallest absolute Gasteiger partial charge is 0.339 e. The summed E-state index contributed by atoms with van der Waals surface area (Å²) in [5.41, 5.74) is 2.56. The van der Waals surface area contributed by atoms with Crippen molar-refractivity contribution in [2.45, 2.75) is 38.9 Å². The van der Waals surface area contributed by atoms with E-state index in [2.05, 4.69) is 4.98 Å². The molecule has 1 aliphatic heterocycles. The van der Waals surface area contributed by atoms with Gasteiger partial charge in [0.05, 0.1) is 29.4 Å². The minimum atomic E-state index is -3.07. The van der Waals surface area contributed by atoms with Crippen LogP contribution in [0.2, 0.25) is 0 Å². The van der Waals surface area contributed by atoms with Gasteiger partial charge in [-0.2, -0.15) is 0 Å². The number of sulfone groups is 1. The number of carbonyl (C=O) groups is 1. The molecule has 0 aromatic carbocycles. The predicted octanol–water partition coefficient (Wildman–Crippen LogP) is 1.68. The molecular formula is C14H19NO4S. The molecule has 0 atom stereocenters. The average molecular weight is 297 g/mol. The number of hydrogen-bond donors (Lipinski definition) is 0. The monoisotopic (exact) mass is 297 g/mol. The van der Waals surface area contributed by atoms with Crippen molar-refractivity contribution in [1.82, 2.24) is 4.98 Å². The molecule has 0 N–H and O–H groups in total. The van der Waals surface area contributed by atoms with Crippen LogP contribution in [0, 0.1) is 0 Å². The van der Waals surface area contributed by atoms with Gasteiger partial charge in [0.1, 0.15) is 0 Å². The lowest BCUT2D eigenvalue weighted by Crippen LogP contribution is -2.22. The fraction of sp³-hybridized carbons (Fsp3) is 0.571. The third kappa shape index (κ3) is 3.17. The molecule has 0 bridgehead atoms. The van der Waals surface area contributed by atoms with Crippen molar-refractivity contribution in [2.75, 3.05) is 12.4 Å². The van der Waals surface area contributed by atoms with Gasteiger partial charge in [0.15, 0.2) is 9.84 Å². The molecule has 0 unspecified atom stereocenters. The maximum absolute atomic E-state index is 12.0. The number of esters is 1. The van der Waals surface area contributed by atoms with Crippen LogP contribution >= 0.6 is 0 Å². The first kappa shape index (κ1) is 15.0. The first-order chi connectivity index (χ1) is 9.46. The van der Waals surface area contributed by atoms with Crippen LogP contribution in [-0.2, 0) is 33.2 Å². The Balaban J connectivity index is 2.46. The van der Waals surface area contributed by atoms with Gasteiger partial charge in [-0.3, -0.25) is 4.98 Å². The van der Waals surface area contributed by atoms with Crippen LogP contribution in [-0.4, -0.2) is 31.7 Å². The zero-order valence-electron chi connectivity index (χ0n) is 11.8. The molecule has 1 aliphatic rings. The number of ether oxygens (including phenoxy) is 1. The minimum absolute atomic E-state index is 0.0336. The summed E-state index contributed by atoms with van der Waals surface area (Å²) in [5, 5.41) is 0. The van der Waals surface area contributed by atoms with Gasteiger partial charge in [-0.25, -0.2) is 13.2 Å². The Kier molecular flexibility index (Phi) is 4.42. The normalized spacial score (nSPS) is 16.5. The highest BCUT2D eigenvalue weighted by molar-refractivity contribution is 7.90.